The Morgan fingerprint density at radius 2 is 1.86 bits per heavy atom. The van der Waals surface area contributed by atoms with E-state index in [0.29, 0.717) is 0 Å². The number of hydrogen-bond donors (Lipinski definition) is 1. The first-order chi connectivity index (χ1) is 10.8. The van der Waals surface area contributed by atoms with Crippen molar-refractivity contribution in [2.24, 2.45) is 0 Å². The minimum Gasteiger partial charge on any atom is -0.305 e. The third-order valence-corrected chi connectivity index (χ3v) is 4.29. The maximum absolute atomic E-state index is 12.6. The second kappa shape index (κ2) is 5.30. The second-order valence-electron chi connectivity index (χ2n) is 5.69. The summed E-state index contributed by atoms with van der Waals surface area (Å²) in [6.07, 6.45) is 6.09. The molecule has 110 valence electrons. The van der Waals surface area contributed by atoms with Crippen LogP contribution in [0, 0.1) is 0 Å². The lowest BCUT2D eigenvalue weighted by Crippen LogP contribution is -2.23. The third-order valence-electron chi connectivity index (χ3n) is 4.29. The van der Waals surface area contributed by atoms with Gasteiger partial charge in [0.2, 0.25) is 0 Å². The number of nitrogens with one attached hydrogen (secondary N) is 1. The van der Waals surface area contributed by atoms with Crippen LogP contribution in [0.1, 0.15) is 24.1 Å². The van der Waals surface area contributed by atoms with Gasteiger partial charge >= 0.3 is 6.03 Å². The topological polar surface area (TPSA) is 46.9 Å². The van der Waals surface area contributed by atoms with Gasteiger partial charge in [0.05, 0.1) is 17.6 Å². The van der Waals surface area contributed by atoms with Gasteiger partial charge < -0.3 is 5.32 Å². The zero-order chi connectivity index (χ0) is 14.9. The molecule has 22 heavy (non-hydrogen) atoms. The number of nitrogens with zero attached hydrogens (tertiary/aromatic N) is 2. The Balaban J connectivity index is 1.68. The summed E-state index contributed by atoms with van der Waals surface area (Å²) in [6, 6.07) is 13.8. The Kier molecular flexibility index (Phi) is 3.15. The fourth-order valence-corrected chi connectivity index (χ4v) is 3.17. The van der Waals surface area contributed by atoms with Crippen LogP contribution in [0.3, 0.4) is 0 Å². The summed E-state index contributed by atoms with van der Waals surface area (Å²) in [5.41, 5.74) is 3.09. The van der Waals surface area contributed by atoms with Gasteiger partial charge in [-0.15, -0.1) is 0 Å². The number of carbonyl (C=O) groups is 1. The summed E-state index contributed by atoms with van der Waals surface area (Å²) in [6.45, 7) is 0. The standard InChI is InChI=1S/C18H17N3O/c22-18(21-17-11-4-2-7-14(17)12-19-21)20-16-10-5-8-13-6-1-3-9-15(13)16/h1,3,5-6,8-10,12H,2,4,7,11H2,(H,20,22). The van der Waals surface area contributed by atoms with Crippen LogP contribution < -0.4 is 5.32 Å². The highest BCUT2D eigenvalue weighted by Gasteiger charge is 2.19. The number of aryl methyl sites for hydroxylation is 1. The first-order valence-corrected chi connectivity index (χ1v) is 7.68. The van der Waals surface area contributed by atoms with E-state index in [1.54, 1.807) is 0 Å². The molecule has 1 aliphatic carbocycles. The molecule has 4 nitrogen and oxygen atoms in total. The number of hydrogen-bond acceptors (Lipinski definition) is 2. The zero-order valence-corrected chi connectivity index (χ0v) is 12.2. The zero-order valence-electron chi connectivity index (χ0n) is 12.2. The number of benzene rings is 2. The highest BCUT2D eigenvalue weighted by molar-refractivity contribution is 6.02. The molecule has 0 saturated heterocycles. The van der Waals surface area contributed by atoms with Crippen LogP contribution in [0.25, 0.3) is 10.8 Å². The Morgan fingerprint density at radius 3 is 2.82 bits per heavy atom. The molecule has 0 atom stereocenters. The van der Waals surface area contributed by atoms with E-state index in [4.69, 9.17) is 0 Å². The van der Waals surface area contributed by atoms with Gasteiger partial charge in [-0.25, -0.2) is 4.79 Å². The number of anilines is 1. The number of amides is 1. The van der Waals surface area contributed by atoms with E-state index in [1.165, 1.54) is 16.7 Å². The average Bonchev–Trinajstić information content (AvgIpc) is 2.99. The van der Waals surface area contributed by atoms with Crippen molar-refractivity contribution in [2.75, 3.05) is 5.32 Å². The maximum Gasteiger partial charge on any atom is 0.346 e. The Morgan fingerprint density at radius 1 is 1.05 bits per heavy atom. The minimum absolute atomic E-state index is 0.181. The smallest absolute Gasteiger partial charge is 0.305 e. The van der Waals surface area contributed by atoms with Gasteiger partial charge in [0.25, 0.3) is 0 Å². The molecule has 1 N–H and O–H groups in total. The third kappa shape index (κ3) is 2.17. The van der Waals surface area contributed by atoms with Crippen molar-refractivity contribution in [1.82, 2.24) is 9.78 Å². The van der Waals surface area contributed by atoms with E-state index in [0.717, 1.165) is 41.4 Å². The Bertz CT molecular complexity index is 845. The van der Waals surface area contributed by atoms with Crippen molar-refractivity contribution in [1.29, 1.82) is 0 Å². The van der Waals surface area contributed by atoms with Crippen LogP contribution in [0.15, 0.2) is 48.7 Å². The quantitative estimate of drug-likeness (QED) is 0.736. The fourth-order valence-electron chi connectivity index (χ4n) is 3.17. The molecule has 0 unspecified atom stereocenters. The monoisotopic (exact) mass is 291 g/mol. The van der Waals surface area contributed by atoms with E-state index in [2.05, 4.69) is 10.4 Å². The molecule has 0 spiro atoms. The molecule has 1 aliphatic rings. The van der Waals surface area contributed by atoms with Crippen molar-refractivity contribution < 1.29 is 4.79 Å². The molecule has 4 heteroatoms. The molecule has 0 radical (unpaired) electrons. The van der Waals surface area contributed by atoms with Crippen molar-refractivity contribution in [3.63, 3.8) is 0 Å². The Labute approximate surface area is 128 Å². The molecular weight excluding hydrogens is 274 g/mol. The van der Waals surface area contributed by atoms with Crippen LogP contribution >= 0.6 is 0 Å². The summed E-state index contributed by atoms with van der Waals surface area (Å²) in [7, 11) is 0. The highest BCUT2D eigenvalue weighted by Crippen LogP contribution is 2.24. The molecule has 1 amide bonds. The predicted octanol–water partition coefficient (Wildman–Crippen LogP) is 4.00. The summed E-state index contributed by atoms with van der Waals surface area (Å²) < 4.78 is 1.52. The lowest BCUT2D eigenvalue weighted by atomic mass is 9.98. The molecule has 0 bridgehead atoms. The van der Waals surface area contributed by atoms with Gasteiger partial charge in [-0.1, -0.05) is 36.4 Å². The average molecular weight is 291 g/mol. The van der Waals surface area contributed by atoms with Crippen LogP contribution in [0.4, 0.5) is 10.5 Å². The molecule has 0 aliphatic heterocycles. The number of carbonyl (C=O) groups excluding carboxylic acids is 1. The fraction of sp³-hybridized carbons (Fsp3) is 0.222. The predicted molar refractivity (Wildman–Crippen MR) is 87.2 cm³/mol. The van der Waals surface area contributed by atoms with Crippen molar-refractivity contribution >= 4 is 22.5 Å². The van der Waals surface area contributed by atoms with Crippen molar-refractivity contribution in [3.05, 3.63) is 59.9 Å². The van der Waals surface area contributed by atoms with Gasteiger partial charge in [-0.05, 0) is 42.7 Å². The van der Waals surface area contributed by atoms with Gasteiger partial charge in [0, 0.05) is 5.39 Å². The molecule has 0 fully saturated rings. The van der Waals surface area contributed by atoms with E-state index in [-0.39, 0.29) is 6.03 Å². The molecule has 2 aromatic carbocycles. The summed E-state index contributed by atoms with van der Waals surface area (Å²) >= 11 is 0. The minimum atomic E-state index is -0.181. The maximum atomic E-state index is 12.6. The normalized spacial score (nSPS) is 13.8. The molecule has 3 aromatic rings. The van der Waals surface area contributed by atoms with Crippen LogP contribution in [-0.4, -0.2) is 15.8 Å². The number of fused-ring (bicyclic) bond motifs is 2. The largest absolute Gasteiger partial charge is 0.346 e. The van der Waals surface area contributed by atoms with E-state index < -0.39 is 0 Å². The summed E-state index contributed by atoms with van der Waals surface area (Å²) in [5.74, 6) is 0. The van der Waals surface area contributed by atoms with Gasteiger partial charge in [0.15, 0.2) is 0 Å². The first-order valence-electron chi connectivity index (χ1n) is 7.68. The second-order valence-corrected chi connectivity index (χ2v) is 5.69. The molecule has 4 rings (SSSR count). The van der Waals surface area contributed by atoms with Crippen molar-refractivity contribution in [2.45, 2.75) is 25.7 Å². The van der Waals surface area contributed by atoms with Crippen LogP contribution in [0.5, 0.6) is 0 Å². The van der Waals surface area contributed by atoms with E-state index in [9.17, 15) is 4.79 Å². The van der Waals surface area contributed by atoms with Gasteiger partial charge in [-0.3, -0.25) is 0 Å². The van der Waals surface area contributed by atoms with Crippen molar-refractivity contribution in [3.8, 4) is 0 Å². The highest BCUT2D eigenvalue weighted by atomic mass is 16.2. The van der Waals surface area contributed by atoms with Crippen LogP contribution in [0.2, 0.25) is 0 Å². The van der Waals surface area contributed by atoms with E-state index >= 15 is 0 Å². The first kappa shape index (κ1) is 13.1. The van der Waals surface area contributed by atoms with E-state index in [1.807, 2.05) is 48.7 Å². The van der Waals surface area contributed by atoms with Gasteiger partial charge in [-0.2, -0.15) is 9.78 Å². The molecular formula is C18H17N3O. The SMILES string of the molecule is O=C(Nc1cccc2ccccc12)n1ncc2c1CCCC2. The summed E-state index contributed by atoms with van der Waals surface area (Å²) in [4.78, 5) is 12.6. The Hall–Kier alpha value is -2.62. The van der Waals surface area contributed by atoms with Crippen LogP contribution in [-0.2, 0) is 12.8 Å². The molecule has 1 heterocycles. The lowest BCUT2D eigenvalue weighted by molar-refractivity contribution is 0.250. The number of aromatic nitrogens is 2. The molecule has 0 saturated carbocycles. The summed E-state index contributed by atoms with van der Waals surface area (Å²) in [5, 5.41) is 9.43. The molecule has 1 aromatic heterocycles. The lowest BCUT2D eigenvalue weighted by Gasteiger charge is -2.14. The van der Waals surface area contributed by atoms with Gasteiger partial charge in [0.1, 0.15) is 0 Å². The number of rotatable bonds is 1.